The Kier molecular flexibility index (Phi) is 9.84. The Hall–Kier alpha value is -3.95. The zero-order valence-corrected chi connectivity index (χ0v) is 28.5. The van der Waals surface area contributed by atoms with Crippen molar-refractivity contribution in [2.45, 2.75) is 39.0 Å². The fraction of sp³-hybridized carbons (Fsp3) is 0.375. The second-order valence-electron chi connectivity index (χ2n) is 12.6. The van der Waals surface area contributed by atoms with Gasteiger partial charge in [0.25, 0.3) is 0 Å². The lowest BCUT2D eigenvalue weighted by Gasteiger charge is -2.26. The van der Waals surface area contributed by atoms with E-state index in [1.165, 1.54) is 18.9 Å². The summed E-state index contributed by atoms with van der Waals surface area (Å²) in [6.45, 7) is 11.8. The van der Waals surface area contributed by atoms with Crippen molar-refractivity contribution in [3.05, 3.63) is 64.9 Å². The number of morpholine rings is 1. The number of imidazole rings is 1. The van der Waals surface area contributed by atoms with Gasteiger partial charge in [-0.15, -0.1) is 0 Å². The van der Waals surface area contributed by atoms with E-state index < -0.39 is 19.7 Å². The first-order valence-electron chi connectivity index (χ1n) is 15.3. The lowest BCUT2D eigenvalue weighted by Crippen LogP contribution is -2.35. The minimum Gasteiger partial charge on any atom is -0.491 e. The molecule has 1 saturated heterocycles. The summed E-state index contributed by atoms with van der Waals surface area (Å²) in [5.41, 5.74) is 3.85. The van der Waals surface area contributed by atoms with Gasteiger partial charge in [0.2, 0.25) is 0 Å². The first-order chi connectivity index (χ1) is 22.6. The smallest absolute Gasteiger partial charge is 0.179 e. The Morgan fingerprint density at radius 3 is 2.66 bits per heavy atom. The number of fused-ring (bicyclic) bond motifs is 1. The standard InChI is InChI=1S/C32H37ClF2N8O3Si/c1-44-28-16-36-30(21-14-22(33)24(35)15-23(21)34)40-31(28)39-27-18-43(19-46-11-12-47(2,3)4)41-29(27)32-37-25-6-5-20(13-26(25)38-32)17-42-7-9-45-10-8-42/h5-6,13-16,18H,7-12,17,19H2,1-4H3,(H,37,38)(H,36,39,40). The third kappa shape index (κ3) is 7.96. The Morgan fingerprint density at radius 1 is 1.09 bits per heavy atom. The van der Waals surface area contributed by atoms with Crippen LogP contribution in [0.5, 0.6) is 5.75 Å². The highest BCUT2D eigenvalue weighted by Gasteiger charge is 2.21. The third-order valence-electron chi connectivity index (χ3n) is 7.74. The molecule has 0 amide bonds. The van der Waals surface area contributed by atoms with Gasteiger partial charge in [-0.2, -0.15) is 5.10 Å². The molecule has 0 unspecified atom stereocenters. The minimum atomic E-state index is -1.27. The van der Waals surface area contributed by atoms with Crippen molar-refractivity contribution in [2.24, 2.45) is 0 Å². The molecular formula is C32H37ClF2N8O3Si. The van der Waals surface area contributed by atoms with Crippen LogP contribution in [0.2, 0.25) is 30.7 Å². The molecule has 0 spiro atoms. The Bertz CT molecular complexity index is 1870. The van der Waals surface area contributed by atoms with Gasteiger partial charge < -0.3 is 24.5 Å². The van der Waals surface area contributed by atoms with Gasteiger partial charge in [-0.1, -0.05) is 37.3 Å². The largest absolute Gasteiger partial charge is 0.491 e. The zero-order valence-electron chi connectivity index (χ0n) is 26.7. The number of halogens is 3. The molecular weight excluding hydrogens is 646 g/mol. The minimum absolute atomic E-state index is 0.00661. The number of methoxy groups -OCH3 is 1. The second-order valence-corrected chi connectivity index (χ2v) is 18.6. The van der Waals surface area contributed by atoms with Crippen LogP contribution >= 0.6 is 11.6 Å². The Morgan fingerprint density at radius 2 is 1.89 bits per heavy atom. The summed E-state index contributed by atoms with van der Waals surface area (Å²) < 4.78 is 47.3. The topological polar surface area (TPSA) is 115 Å². The lowest BCUT2D eigenvalue weighted by atomic mass is 10.2. The average molecular weight is 683 g/mol. The van der Waals surface area contributed by atoms with E-state index in [1.54, 1.807) is 10.9 Å². The summed E-state index contributed by atoms with van der Waals surface area (Å²) in [6.07, 6.45) is 3.19. The van der Waals surface area contributed by atoms with E-state index in [0.717, 1.165) is 56.0 Å². The van der Waals surface area contributed by atoms with Crippen molar-refractivity contribution in [3.8, 4) is 28.7 Å². The van der Waals surface area contributed by atoms with Crippen LogP contribution in [0.25, 0.3) is 33.9 Å². The molecule has 2 aromatic carbocycles. The predicted molar refractivity (Wildman–Crippen MR) is 180 cm³/mol. The van der Waals surface area contributed by atoms with Crippen molar-refractivity contribution in [2.75, 3.05) is 45.3 Å². The Balaban J connectivity index is 1.33. The van der Waals surface area contributed by atoms with Crippen molar-refractivity contribution in [1.29, 1.82) is 0 Å². The van der Waals surface area contributed by atoms with Crippen molar-refractivity contribution < 1.29 is 23.0 Å². The third-order valence-corrected chi connectivity index (χ3v) is 9.73. The number of H-pyrrole nitrogens is 1. The Labute approximate surface area is 277 Å². The number of aromatic amines is 1. The van der Waals surface area contributed by atoms with Gasteiger partial charge in [-0.3, -0.25) is 4.90 Å². The molecule has 11 nitrogen and oxygen atoms in total. The predicted octanol–water partition coefficient (Wildman–Crippen LogP) is 6.71. The molecule has 6 rings (SSSR count). The summed E-state index contributed by atoms with van der Waals surface area (Å²) in [5, 5.41) is 7.85. The van der Waals surface area contributed by atoms with Gasteiger partial charge in [-0.25, -0.2) is 28.4 Å². The number of benzene rings is 2. The van der Waals surface area contributed by atoms with E-state index in [1.807, 2.05) is 6.07 Å². The highest BCUT2D eigenvalue weighted by atomic mass is 35.5. The van der Waals surface area contributed by atoms with E-state index in [2.05, 4.69) is 56.9 Å². The number of hydrogen-bond donors (Lipinski definition) is 2. The number of aromatic nitrogens is 6. The van der Waals surface area contributed by atoms with E-state index in [4.69, 9.17) is 35.9 Å². The molecule has 1 fully saturated rings. The normalized spacial score (nSPS) is 14.2. The highest BCUT2D eigenvalue weighted by Crippen LogP contribution is 2.34. The number of hydrogen-bond acceptors (Lipinski definition) is 9. The van der Waals surface area contributed by atoms with Crippen molar-refractivity contribution in [3.63, 3.8) is 0 Å². The molecule has 0 bridgehead atoms. The van der Waals surface area contributed by atoms with Crippen LogP contribution in [0.4, 0.5) is 20.3 Å². The van der Waals surface area contributed by atoms with Gasteiger partial charge in [0.15, 0.2) is 28.9 Å². The van der Waals surface area contributed by atoms with Gasteiger partial charge >= 0.3 is 0 Å². The maximum Gasteiger partial charge on any atom is 0.179 e. The van der Waals surface area contributed by atoms with E-state index in [9.17, 15) is 8.78 Å². The van der Waals surface area contributed by atoms with Crippen molar-refractivity contribution in [1.82, 2.24) is 34.6 Å². The lowest BCUT2D eigenvalue weighted by molar-refractivity contribution is 0.0342. The maximum absolute atomic E-state index is 14.8. The van der Waals surface area contributed by atoms with Crippen LogP contribution in [0.15, 0.2) is 42.7 Å². The van der Waals surface area contributed by atoms with E-state index in [0.29, 0.717) is 35.6 Å². The maximum atomic E-state index is 14.8. The van der Waals surface area contributed by atoms with Gasteiger partial charge in [0, 0.05) is 40.4 Å². The van der Waals surface area contributed by atoms with Crippen molar-refractivity contribution >= 4 is 42.2 Å². The fourth-order valence-corrected chi connectivity index (χ4v) is 6.06. The van der Waals surface area contributed by atoms with Crippen LogP contribution in [0, 0.1) is 11.6 Å². The van der Waals surface area contributed by atoms with Crippen LogP contribution in [-0.4, -0.2) is 82.7 Å². The van der Waals surface area contributed by atoms with Gasteiger partial charge in [-0.05, 0) is 29.8 Å². The quantitative estimate of drug-likeness (QED) is 0.0842. The molecule has 1 aliphatic rings. The molecule has 0 saturated carbocycles. The van der Waals surface area contributed by atoms with Gasteiger partial charge in [0.05, 0.1) is 60.0 Å². The van der Waals surface area contributed by atoms with Crippen LogP contribution in [0.3, 0.4) is 0 Å². The fourth-order valence-electron chi connectivity index (χ4n) is 5.14. The molecule has 0 atom stereocenters. The van der Waals surface area contributed by atoms with Crippen LogP contribution < -0.4 is 10.1 Å². The molecule has 2 N–H and O–H groups in total. The molecule has 15 heteroatoms. The zero-order chi connectivity index (χ0) is 33.1. The summed E-state index contributed by atoms with van der Waals surface area (Å²) in [6, 6.07) is 9.06. The van der Waals surface area contributed by atoms with Crippen LogP contribution in [0.1, 0.15) is 5.56 Å². The molecule has 47 heavy (non-hydrogen) atoms. The molecule has 1 aliphatic heterocycles. The average Bonchev–Trinajstić information content (AvgIpc) is 3.64. The number of rotatable bonds is 12. The summed E-state index contributed by atoms with van der Waals surface area (Å²) >= 11 is 5.95. The first kappa shape index (κ1) is 33.0. The van der Waals surface area contributed by atoms with E-state index in [-0.39, 0.29) is 29.0 Å². The molecule has 3 aromatic heterocycles. The molecule has 0 radical (unpaired) electrons. The SMILES string of the molecule is COc1cnc(-c2cc(Cl)c(F)cc2F)nc1Nc1cn(COCC[Si](C)(C)C)nc1-c1nc2ccc(CN3CCOCC3)cc2[nH]1. The highest BCUT2D eigenvalue weighted by molar-refractivity contribution is 6.76. The number of nitrogens with one attached hydrogen (secondary N) is 2. The van der Waals surface area contributed by atoms with E-state index >= 15 is 0 Å². The molecule has 5 aromatic rings. The van der Waals surface area contributed by atoms with Gasteiger partial charge in [0.1, 0.15) is 18.4 Å². The second kappa shape index (κ2) is 14.0. The molecule has 0 aliphatic carbocycles. The summed E-state index contributed by atoms with van der Waals surface area (Å²) in [4.78, 5) is 19.4. The molecule has 248 valence electrons. The summed E-state index contributed by atoms with van der Waals surface area (Å²) in [5.74, 6) is -0.652. The monoisotopic (exact) mass is 682 g/mol. The van der Waals surface area contributed by atoms with Crippen LogP contribution in [-0.2, 0) is 22.7 Å². The summed E-state index contributed by atoms with van der Waals surface area (Å²) in [7, 11) is 0.203. The number of nitrogens with zero attached hydrogens (tertiary/aromatic N) is 6. The number of anilines is 2. The number of ether oxygens (including phenoxy) is 3. The first-order valence-corrected chi connectivity index (χ1v) is 19.4. The molecule has 4 heterocycles.